The van der Waals surface area contributed by atoms with Gasteiger partial charge in [0.05, 0.1) is 14.2 Å². The molecule has 0 aliphatic heterocycles. The minimum Gasteiger partial charge on any atom is -0.497 e. The van der Waals surface area contributed by atoms with E-state index >= 15 is 0 Å². The van der Waals surface area contributed by atoms with Crippen LogP contribution in [0.5, 0.6) is 11.5 Å². The molecule has 2 aromatic rings. The van der Waals surface area contributed by atoms with E-state index < -0.39 is 0 Å². The van der Waals surface area contributed by atoms with Crippen molar-refractivity contribution < 1.29 is 14.3 Å². The number of carbonyl (C=O) groups is 1. The summed E-state index contributed by atoms with van der Waals surface area (Å²) in [6, 6.07) is 12.8. The molecule has 118 valence electrons. The molecule has 2 rings (SSSR count). The first kappa shape index (κ1) is 16.4. The molecule has 23 heavy (non-hydrogen) atoms. The molecule has 2 aromatic carbocycles. The van der Waals surface area contributed by atoms with Gasteiger partial charge in [-0.25, -0.2) is 0 Å². The van der Waals surface area contributed by atoms with Gasteiger partial charge in [0.2, 0.25) is 5.91 Å². The molecule has 0 atom stereocenters. The van der Waals surface area contributed by atoms with Crippen molar-refractivity contribution in [2.75, 3.05) is 19.5 Å². The minimum absolute atomic E-state index is 0.0686. The van der Waals surface area contributed by atoms with Crippen LogP contribution in [0.3, 0.4) is 0 Å². The Hall–Kier alpha value is -2.93. The number of carbonyl (C=O) groups excluding carboxylic acids is 1. The molecule has 4 nitrogen and oxygen atoms in total. The molecule has 0 heterocycles. The number of rotatable bonds is 6. The Morgan fingerprint density at radius 3 is 2.43 bits per heavy atom. The molecule has 0 spiro atoms. The summed E-state index contributed by atoms with van der Waals surface area (Å²) >= 11 is 0. The van der Waals surface area contributed by atoms with Crippen LogP contribution >= 0.6 is 0 Å². The lowest BCUT2D eigenvalue weighted by Crippen LogP contribution is -2.12. The molecular formula is C19H19NO3. The molecule has 1 amide bonds. The monoisotopic (exact) mass is 309 g/mol. The van der Waals surface area contributed by atoms with Crippen LogP contribution in [0, 0.1) is 12.3 Å². The van der Waals surface area contributed by atoms with Crippen LogP contribution in [-0.4, -0.2) is 20.1 Å². The summed E-state index contributed by atoms with van der Waals surface area (Å²) in [5, 5.41) is 2.85. The van der Waals surface area contributed by atoms with Crippen molar-refractivity contribution in [2.24, 2.45) is 0 Å². The molecule has 0 unspecified atom stereocenters. The van der Waals surface area contributed by atoms with Crippen molar-refractivity contribution in [1.29, 1.82) is 0 Å². The van der Waals surface area contributed by atoms with E-state index in [1.165, 1.54) is 0 Å². The Kier molecular flexibility index (Phi) is 5.65. The zero-order valence-electron chi connectivity index (χ0n) is 13.3. The van der Waals surface area contributed by atoms with E-state index in [2.05, 4.69) is 11.2 Å². The van der Waals surface area contributed by atoms with Crippen LogP contribution in [0.4, 0.5) is 5.69 Å². The Morgan fingerprint density at radius 2 is 1.83 bits per heavy atom. The predicted molar refractivity (Wildman–Crippen MR) is 90.9 cm³/mol. The fourth-order valence-corrected chi connectivity index (χ4v) is 2.18. The van der Waals surface area contributed by atoms with Crippen molar-refractivity contribution >= 4 is 11.6 Å². The van der Waals surface area contributed by atoms with E-state index in [1.807, 2.05) is 30.3 Å². The summed E-state index contributed by atoms with van der Waals surface area (Å²) < 4.78 is 10.5. The number of hydrogen-bond acceptors (Lipinski definition) is 3. The molecular weight excluding hydrogens is 290 g/mol. The van der Waals surface area contributed by atoms with Crippen LogP contribution in [-0.2, 0) is 11.2 Å². The van der Waals surface area contributed by atoms with Gasteiger partial charge in [-0.3, -0.25) is 4.79 Å². The maximum Gasteiger partial charge on any atom is 0.224 e. The standard InChI is InChI=1S/C19H19NO3/c1-4-14-6-5-7-16(10-14)20-19(21)9-8-15-11-17(22-2)13-18(12-15)23-3/h1,5-7,10-13H,8-9H2,2-3H3,(H,20,21). The Bertz CT molecular complexity index is 709. The number of terminal acetylenes is 1. The first-order chi connectivity index (χ1) is 11.1. The molecule has 0 aliphatic carbocycles. The summed E-state index contributed by atoms with van der Waals surface area (Å²) in [5.41, 5.74) is 2.42. The number of anilines is 1. The maximum atomic E-state index is 12.1. The van der Waals surface area contributed by atoms with E-state index in [0.717, 1.165) is 11.1 Å². The van der Waals surface area contributed by atoms with Gasteiger partial charge in [0, 0.05) is 23.7 Å². The third kappa shape index (κ3) is 4.79. The highest BCUT2D eigenvalue weighted by Gasteiger charge is 2.06. The number of hydrogen-bond donors (Lipinski definition) is 1. The van der Waals surface area contributed by atoms with Gasteiger partial charge in [-0.1, -0.05) is 12.0 Å². The SMILES string of the molecule is C#Cc1cccc(NC(=O)CCc2cc(OC)cc(OC)c2)c1. The predicted octanol–water partition coefficient (Wildman–Crippen LogP) is 3.26. The maximum absolute atomic E-state index is 12.1. The van der Waals surface area contributed by atoms with Crippen LogP contribution < -0.4 is 14.8 Å². The lowest BCUT2D eigenvalue weighted by Gasteiger charge is -2.09. The highest BCUT2D eigenvalue weighted by atomic mass is 16.5. The van der Waals surface area contributed by atoms with E-state index in [4.69, 9.17) is 15.9 Å². The summed E-state index contributed by atoms with van der Waals surface area (Å²) in [4.78, 5) is 12.1. The molecule has 0 radical (unpaired) electrons. The second-order valence-corrected chi connectivity index (χ2v) is 4.99. The zero-order valence-corrected chi connectivity index (χ0v) is 13.3. The largest absolute Gasteiger partial charge is 0.497 e. The molecule has 0 fully saturated rings. The first-order valence-electron chi connectivity index (χ1n) is 7.23. The highest BCUT2D eigenvalue weighted by Crippen LogP contribution is 2.23. The first-order valence-corrected chi connectivity index (χ1v) is 7.23. The van der Waals surface area contributed by atoms with Gasteiger partial charge in [-0.2, -0.15) is 0 Å². The fraction of sp³-hybridized carbons (Fsp3) is 0.211. The summed E-state index contributed by atoms with van der Waals surface area (Å²) in [7, 11) is 3.20. The molecule has 1 N–H and O–H groups in total. The van der Waals surface area contributed by atoms with Crippen molar-refractivity contribution in [3.63, 3.8) is 0 Å². The third-order valence-electron chi connectivity index (χ3n) is 3.36. The average molecular weight is 309 g/mol. The number of benzene rings is 2. The van der Waals surface area contributed by atoms with Crippen LogP contribution in [0.2, 0.25) is 0 Å². The summed E-state index contributed by atoms with van der Waals surface area (Å²) in [5.74, 6) is 3.90. The van der Waals surface area contributed by atoms with Crippen molar-refractivity contribution in [3.05, 3.63) is 53.6 Å². The van der Waals surface area contributed by atoms with E-state index in [1.54, 1.807) is 26.4 Å². The Morgan fingerprint density at radius 1 is 1.13 bits per heavy atom. The van der Waals surface area contributed by atoms with Gasteiger partial charge in [0.25, 0.3) is 0 Å². The van der Waals surface area contributed by atoms with E-state index in [0.29, 0.717) is 30.0 Å². The average Bonchev–Trinajstić information content (AvgIpc) is 2.59. The zero-order chi connectivity index (χ0) is 16.7. The highest BCUT2D eigenvalue weighted by molar-refractivity contribution is 5.91. The van der Waals surface area contributed by atoms with Gasteiger partial charge in [-0.15, -0.1) is 6.42 Å². The molecule has 0 saturated heterocycles. The summed E-state index contributed by atoms with van der Waals surface area (Å²) in [6.45, 7) is 0. The minimum atomic E-state index is -0.0686. The van der Waals surface area contributed by atoms with Crippen LogP contribution in [0.15, 0.2) is 42.5 Å². The van der Waals surface area contributed by atoms with Crippen LogP contribution in [0.1, 0.15) is 17.5 Å². The third-order valence-corrected chi connectivity index (χ3v) is 3.36. The van der Waals surface area contributed by atoms with Gasteiger partial charge in [-0.05, 0) is 42.3 Å². The fourth-order valence-electron chi connectivity index (χ4n) is 2.18. The molecule has 0 saturated carbocycles. The molecule has 0 aromatic heterocycles. The number of aryl methyl sites for hydroxylation is 1. The van der Waals surface area contributed by atoms with Crippen molar-refractivity contribution in [3.8, 4) is 23.8 Å². The number of amides is 1. The lowest BCUT2D eigenvalue weighted by molar-refractivity contribution is -0.116. The second kappa shape index (κ2) is 7.90. The number of nitrogens with one attached hydrogen (secondary N) is 1. The molecule has 0 aliphatic rings. The van der Waals surface area contributed by atoms with Gasteiger partial charge >= 0.3 is 0 Å². The van der Waals surface area contributed by atoms with Crippen molar-refractivity contribution in [1.82, 2.24) is 0 Å². The van der Waals surface area contributed by atoms with Crippen molar-refractivity contribution in [2.45, 2.75) is 12.8 Å². The lowest BCUT2D eigenvalue weighted by atomic mass is 10.1. The number of ether oxygens (including phenoxy) is 2. The van der Waals surface area contributed by atoms with Gasteiger partial charge < -0.3 is 14.8 Å². The Labute approximate surface area is 136 Å². The van der Waals surface area contributed by atoms with E-state index in [-0.39, 0.29) is 5.91 Å². The second-order valence-electron chi connectivity index (χ2n) is 4.99. The van der Waals surface area contributed by atoms with Gasteiger partial charge in [0.15, 0.2) is 0 Å². The Balaban J connectivity index is 1.97. The van der Waals surface area contributed by atoms with E-state index in [9.17, 15) is 4.79 Å². The smallest absolute Gasteiger partial charge is 0.224 e. The topological polar surface area (TPSA) is 47.6 Å². The quantitative estimate of drug-likeness (QED) is 0.833. The normalized spacial score (nSPS) is 9.78. The summed E-state index contributed by atoms with van der Waals surface area (Å²) in [6.07, 6.45) is 6.30. The van der Waals surface area contributed by atoms with Crippen LogP contribution in [0.25, 0.3) is 0 Å². The molecule has 4 heteroatoms. The number of methoxy groups -OCH3 is 2. The molecule has 0 bridgehead atoms. The van der Waals surface area contributed by atoms with Gasteiger partial charge in [0.1, 0.15) is 11.5 Å².